The van der Waals surface area contributed by atoms with Crippen LogP contribution in [-0.4, -0.2) is 38.6 Å². The molecule has 0 bridgehead atoms. The standard InChI is InChI=1S/C29H34N2O3S/c1-22(26-12-14-28(15-13-26)35(2,33)34)30-29(32)27-10-8-25(9-11-27)21-31-18-16-24(17-19-31)20-23-6-4-3-5-7-23/h3-15,22,24H,16-21H2,1-2H3,(H,30,32)/t22-/m1/s1. The third-order valence-corrected chi connectivity index (χ3v) is 7.98. The Balaban J connectivity index is 1.26. The van der Waals surface area contributed by atoms with Gasteiger partial charge in [-0.2, -0.15) is 0 Å². The summed E-state index contributed by atoms with van der Waals surface area (Å²) < 4.78 is 23.3. The maximum Gasteiger partial charge on any atom is 0.251 e. The highest BCUT2D eigenvalue weighted by molar-refractivity contribution is 7.90. The highest BCUT2D eigenvalue weighted by Crippen LogP contribution is 2.23. The SMILES string of the molecule is C[C@@H](NC(=O)c1ccc(CN2CCC(Cc3ccccc3)CC2)cc1)c1ccc(S(C)(=O)=O)cc1. The van der Waals surface area contributed by atoms with Crippen LogP contribution in [0.25, 0.3) is 0 Å². The van der Waals surface area contributed by atoms with E-state index < -0.39 is 9.84 Å². The van der Waals surface area contributed by atoms with E-state index in [2.05, 4.69) is 40.5 Å². The van der Waals surface area contributed by atoms with Crippen molar-refractivity contribution in [3.8, 4) is 0 Å². The molecule has 1 amide bonds. The summed E-state index contributed by atoms with van der Waals surface area (Å²) in [6, 6.07) is 25.0. The van der Waals surface area contributed by atoms with Crippen LogP contribution in [-0.2, 0) is 22.8 Å². The zero-order chi connectivity index (χ0) is 24.8. The van der Waals surface area contributed by atoms with Crippen LogP contribution < -0.4 is 5.32 Å². The van der Waals surface area contributed by atoms with E-state index >= 15 is 0 Å². The second-order valence-corrected chi connectivity index (χ2v) is 11.7. The summed E-state index contributed by atoms with van der Waals surface area (Å²) in [5.41, 5.74) is 4.13. The molecule has 184 valence electrons. The number of sulfone groups is 1. The van der Waals surface area contributed by atoms with Gasteiger partial charge in [-0.1, -0.05) is 54.6 Å². The highest BCUT2D eigenvalue weighted by atomic mass is 32.2. The molecule has 1 N–H and O–H groups in total. The number of benzene rings is 3. The van der Waals surface area contributed by atoms with Gasteiger partial charge < -0.3 is 5.32 Å². The molecule has 1 aliphatic rings. The van der Waals surface area contributed by atoms with Gasteiger partial charge in [-0.3, -0.25) is 9.69 Å². The van der Waals surface area contributed by atoms with Gasteiger partial charge in [0.25, 0.3) is 5.91 Å². The molecule has 4 rings (SSSR count). The molecule has 35 heavy (non-hydrogen) atoms. The topological polar surface area (TPSA) is 66.5 Å². The van der Waals surface area contributed by atoms with E-state index in [1.54, 1.807) is 24.3 Å². The molecule has 5 nitrogen and oxygen atoms in total. The van der Waals surface area contributed by atoms with Gasteiger partial charge in [0.15, 0.2) is 9.84 Å². The van der Waals surface area contributed by atoms with Gasteiger partial charge in [0.1, 0.15) is 0 Å². The Kier molecular flexibility index (Phi) is 8.04. The van der Waals surface area contributed by atoms with Crippen molar-refractivity contribution in [3.63, 3.8) is 0 Å². The Morgan fingerprint density at radius 1 is 0.914 bits per heavy atom. The minimum absolute atomic E-state index is 0.141. The van der Waals surface area contributed by atoms with Crippen LogP contribution in [0, 0.1) is 5.92 Å². The quantitative estimate of drug-likeness (QED) is 0.481. The van der Waals surface area contributed by atoms with Crippen molar-refractivity contribution >= 4 is 15.7 Å². The largest absolute Gasteiger partial charge is 0.346 e. The van der Waals surface area contributed by atoms with Crippen molar-refractivity contribution in [2.75, 3.05) is 19.3 Å². The van der Waals surface area contributed by atoms with Crippen molar-refractivity contribution in [2.24, 2.45) is 5.92 Å². The van der Waals surface area contributed by atoms with Crippen LogP contribution in [0.2, 0.25) is 0 Å². The molecule has 0 aromatic heterocycles. The fourth-order valence-corrected chi connectivity index (χ4v) is 5.31. The number of likely N-dealkylation sites (tertiary alicyclic amines) is 1. The molecule has 3 aromatic carbocycles. The maximum absolute atomic E-state index is 12.7. The van der Waals surface area contributed by atoms with Crippen molar-refractivity contribution in [1.82, 2.24) is 10.2 Å². The molecule has 6 heteroatoms. The molecule has 0 aliphatic carbocycles. The zero-order valence-corrected chi connectivity index (χ0v) is 21.3. The number of hydrogen-bond donors (Lipinski definition) is 1. The number of hydrogen-bond acceptors (Lipinski definition) is 4. The summed E-state index contributed by atoms with van der Waals surface area (Å²) in [6.45, 7) is 5.01. The van der Waals surface area contributed by atoms with Crippen LogP contribution in [0.5, 0.6) is 0 Å². The van der Waals surface area contributed by atoms with Crippen LogP contribution in [0.3, 0.4) is 0 Å². The Hall–Kier alpha value is -2.96. The smallest absolute Gasteiger partial charge is 0.251 e. The van der Waals surface area contributed by atoms with Crippen molar-refractivity contribution in [3.05, 3.63) is 101 Å². The molecular formula is C29H34N2O3S. The van der Waals surface area contributed by atoms with E-state index in [0.29, 0.717) is 5.56 Å². The number of amides is 1. The summed E-state index contributed by atoms with van der Waals surface area (Å²) in [5, 5.41) is 3.00. The Bertz CT molecular complexity index is 1220. The third kappa shape index (κ3) is 7.03. The van der Waals surface area contributed by atoms with Gasteiger partial charge in [-0.25, -0.2) is 8.42 Å². The first-order chi connectivity index (χ1) is 16.8. The van der Waals surface area contributed by atoms with Crippen LogP contribution in [0.1, 0.15) is 52.9 Å². The first kappa shape index (κ1) is 25.1. The van der Waals surface area contributed by atoms with Crippen molar-refractivity contribution in [2.45, 2.75) is 43.7 Å². The Labute approximate surface area is 209 Å². The summed E-state index contributed by atoms with van der Waals surface area (Å²) in [4.78, 5) is 15.5. The number of rotatable bonds is 8. The van der Waals surface area contributed by atoms with E-state index in [0.717, 1.165) is 31.1 Å². The van der Waals surface area contributed by atoms with E-state index in [1.807, 2.05) is 31.2 Å². The lowest BCUT2D eigenvalue weighted by molar-refractivity contribution is 0.0940. The summed E-state index contributed by atoms with van der Waals surface area (Å²) in [6.07, 6.45) is 4.79. The monoisotopic (exact) mass is 490 g/mol. The summed E-state index contributed by atoms with van der Waals surface area (Å²) in [7, 11) is -3.23. The predicted molar refractivity (Wildman–Crippen MR) is 140 cm³/mol. The minimum Gasteiger partial charge on any atom is -0.346 e. The Morgan fingerprint density at radius 2 is 1.54 bits per heavy atom. The zero-order valence-electron chi connectivity index (χ0n) is 20.5. The number of carbonyl (C=O) groups is 1. The second-order valence-electron chi connectivity index (χ2n) is 9.64. The lowest BCUT2D eigenvalue weighted by atomic mass is 9.90. The maximum atomic E-state index is 12.7. The summed E-state index contributed by atoms with van der Waals surface area (Å²) >= 11 is 0. The van der Waals surface area contributed by atoms with E-state index in [9.17, 15) is 13.2 Å². The number of carbonyl (C=O) groups excluding carboxylic acids is 1. The molecule has 1 atom stereocenters. The lowest BCUT2D eigenvalue weighted by Crippen LogP contribution is -2.33. The van der Waals surface area contributed by atoms with Gasteiger partial charge in [-0.15, -0.1) is 0 Å². The fourth-order valence-electron chi connectivity index (χ4n) is 4.68. The van der Waals surface area contributed by atoms with Crippen LogP contribution in [0.15, 0.2) is 83.8 Å². The average Bonchev–Trinajstić information content (AvgIpc) is 2.86. The van der Waals surface area contributed by atoms with Crippen LogP contribution in [0.4, 0.5) is 0 Å². The number of nitrogens with one attached hydrogen (secondary N) is 1. The highest BCUT2D eigenvalue weighted by Gasteiger charge is 2.20. The molecule has 0 saturated carbocycles. The van der Waals surface area contributed by atoms with Crippen LogP contribution >= 0.6 is 0 Å². The lowest BCUT2D eigenvalue weighted by Gasteiger charge is -2.32. The average molecular weight is 491 g/mol. The van der Waals surface area contributed by atoms with Crippen molar-refractivity contribution in [1.29, 1.82) is 0 Å². The molecule has 0 unspecified atom stereocenters. The second kappa shape index (κ2) is 11.2. The minimum atomic E-state index is -3.23. The molecule has 1 fully saturated rings. The van der Waals surface area contributed by atoms with Gasteiger partial charge >= 0.3 is 0 Å². The molecule has 3 aromatic rings. The van der Waals surface area contributed by atoms with Gasteiger partial charge in [-0.05, 0) is 86.1 Å². The molecule has 1 saturated heterocycles. The number of piperidine rings is 1. The van der Waals surface area contributed by atoms with Gasteiger partial charge in [0.2, 0.25) is 0 Å². The molecular weight excluding hydrogens is 456 g/mol. The van der Waals surface area contributed by atoms with Crippen molar-refractivity contribution < 1.29 is 13.2 Å². The molecule has 0 radical (unpaired) electrons. The normalized spacial score (nSPS) is 16.1. The Morgan fingerprint density at radius 3 is 2.14 bits per heavy atom. The van der Waals surface area contributed by atoms with Gasteiger partial charge in [0, 0.05) is 18.4 Å². The summed E-state index contributed by atoms with van der Waals surface area (Å²) in [5.74, 6) is 0.613. The molecule has 1 aliphatic heterocycles. The fraction of sp³-hybridized carbons (Fsp3) is 0.345. The predicted octanol–water partition coefficient (Wildman–Crippen LogP) is 5.04. The van der Waals surface area contributed by atoms with E-state index in [4.69, 9.17) is 0 Å². The van der Waals surface area contributed by atoms with E-state index in [1.165, 1.54) is 36.6 Å². The molecule has 0 spiro atoms. The number of nitrogens with zero attached hydrogens (tertiary/aromatic N) is 1. The first-order valence-corrected chi connectivity index (χ1v) is 14.1. The third-order valence-electron chi connectivity index (χ3n) is 6.85. The molecule has 1 heterocycles. The van der Waals surface area contributed by atoms with Gasteiger partial charge in [0.05, 0.1) is 10.9 Å². The first-order valence-electron chi connectivity index (χ1n) is 12.2. The van der Waals surface area contributed by atoms with E-state index in [-0.39, 0.29) is 16.8 Å².